The molecule has 0 saturated carbocycles. The van der Waals surface area contributed by atoms with Crippen LogP contribution in [0.1, 0.15) is 6.92 Å². The van der Waals surface area contributed by atoms with E-state index in [0.717, 1.165) is 18.9 Å². The van der Waals surface area contributed by atoms with Crippen molar-refractivity contribution >= 4 is 23.9 Å². The maximum Gasteiger partial charge on any atom is 0.277 e. The molecule has 1 atom stereocenters. The van der Waals surface area contributed by atoms with Crippen molar-refractivity contribution in [3.8, 4) is 16.9 Å². The van der Waals surface area contributed by atoms with Crippen LogP contribution >= 0.6 is 12.4 Å². The van der Waals surface area contributed by atoms with E-state index in [-0.39, 0.29) is 29.1 Å². The molecule has 1 heterocycles. The van der Waals surface area contributed by atoms with Crippen LogP contribution in [0.3, 0.4) is 0 Å². The van der Waals surface area contributed by atoms with Crippen molar-refractivity contribution in [3.05, 3.63) is 58.6 Å². The minimum absolute atomic E-state index is 0. The summed E-state index contributed by atoms with van der Waals surface area (Å²) >= 11 is 0. The molecular formula is C17H18ClN3O3. The van der Waals surface area contributed by atoms with Crippen molar-refractivity contribution in [3.63, 3.8) is 0 Å². The van der Waals surface area contributed by atoms with Gasteiger partial charge in [0.1, 0.15) is 11.6 Å². The average molecular weight is 348 g/mol. The van der Waals surface area contributed by atoms with Gasteiger partial charge in [0.2, 0.25) is 0 Å². The fourth-order valence-corrected chi connectivity index (χ4v) is 2.59. The first-order valence-electron chi connectivity index (χ1n) is 7.44. The predicted molar refractivity (Wildman–Crippen MR) is 96.2 cm³/mol. The summed E-state index contributed by atoms with van der Waals surface area (Å²) in [7, 11) is 0. The molecule has 0 saturated heterocycles. The van der Waals surface area contributed by atoms with Crippen LogP contribution in [-0.4, -0.2) is 30.0 Å². The van der Waals surface area contributed by atoms with Gasteiger partial charge in [-0.15, -0.1) is 12.4 Å². The number of ether oxygens (including phenoxy) is 1. The summed E-state index contributed by atoms with van der Waals surface area (Å²) in [5.74, 6) is 1.41. The van der Waals surface area contributed by atoms with Crippen molar-refractivity contribution < 1.29 is 9.66 Å². The maximum absolute atomic E-state index is 11.3. The molecule has 1 unspecified atom stereocenters. The predicted octanol–water partition coefficient (Wildman–Crippen LogP) is 3.45. The molecule has 0 aromatic heterocycles. The number of nitro groups is 1. The number of rotatable bonds is 5. The smallest absolute Gasteiger partial charge is 0.277 e. The van der Waals surface area contributed by atoms with Crippen LogP contribution in [0.25, 0.3) is 11.1 Å². The molecule has 0 amide bonds. The van der Waals surface area contributed by atoms with E-state index >= 15 is 0 Å². The Bertz CT molecular complexity index is 764. The third-order valence-corrected chi connectivity index (χ3v) is 3.67. The van der Waals surface area contributed by atoms with Crippen LogP contribution in [0, 0.1) is 10.1 Å². The summed E-state index contributed by atoms with van der Waals surface area (Å²) in [6.07, 6.45) is -0.235. The zero-order chi connectivity index (χ0) is 16.2. The highest BCUT2D eigenvalue weighted by Crippen LogP contribution is 2.36. The summed E-state index contributed by atoms with van der Waals surface area (Å²) < 4.78 is 6.00. The van der Waals surface area contributed by atoms with Gasteiger partial charge in [0, 0.05) is 18.2 Å². The highest BCUT2D eigenvalue weighted by molar-refractivity contribution is 5.88. The number of hydrogen-bond donors (Lipinski definition) is 1. The first-order valence-corrected chi connectivity index (χ1v) is 7.44. The fourth-order valence-electron chi connectivity index (χ4n) is 2.59. The van der Waals surface area contributed by atoms with Gasteiger partial charge in [0.15, 0.2) is 6.10 Å². The lowest BCUT2D eigenvalue weighted by Crippen LogP contribution is -2.33. The molecule has 0 radical (unpaired) electrons. The van der Waals surface area contributed by atoms with E-state index in [0.29, 0.717) is 16.9 Å². The standard InChI is InChI=1S/C17H17N3O3.ClH/c1-12(17-18-10-11-19-17)23-16-9-5-3-7-14(16)13-6-2-4-8-15(13)20(21)22;/h2-9,12H,10-11H2,1H3,(H,18,19);1H. The molecule has 1 N–H and O–H groups in total. The Hall–Kier alpha value is -2.60. The molecule has 7 heteroatoms. The number of amidine groups is 1. The number of para-hydroxylation sites is 2. The molecule has 3 rings (SSSR count). The van der Waals surface area contributed by atoms with Gasteiger partial charge in [-0.2, -0.15) is 0 Å². The van der Waals surface area contributed by atoms with Gasteiger partial charge < -0.3 is 10.1 Å². The number of benzene rings is 2. The molecule has 126 valence electrons. The van der Waals surface area contributed by atoms with Gasteiger partial charge in [-0.05, 0) is 19.1 Å². The SMILES string of the molecule is CC(Oc1ccccc1-c1ccccc1[N+](=O)[O-])C1=NCCN1.Cl. The van der Waals surface area contributed by atoms with E-state index in [1.54, 1.807) is 18.2 Å². The zero-order valence-electron chi connectivity index (χ0n) is 13.1. The fraction of sp³-hybridized carbons (Fsp3) is 0.235. The lowest BCUT2D eigenvalue weighted by atomic mass is 10.0. The third-order valence-electron chi connectivity index (χ3n) is 3.67. The quantitative estimate of drug-likeness (QED) is 0.663. The number of nitro benzene ring substituents is 1. The van der Waals surface area contributed by atoms with Gasteiger partial charge in [0.25, 0.3) is 5.69 Å². The monoisotopic (exact) mass is 347 g/mol. The second-order valence-corrected chi connectivity index (χ2v) is 5.22. The Morgan fingerprint density at radius 3 is 2.50 bits per heavy atom. The zero-order valence-corrected chi connectivity index (χ0v) is 14.0. The molecule has 0 aliphatic carbocycles. The summed E-state index contributed by atoms with van der Waals surface area (Å²) in [6.45, 7) is 3.47. The van der Waals surface area contributed by atoms with Gasteiger partial charge in [-0.3, -0.25) is 15.1 Å². The maximum atomic E-state index is 11.3. The van der Waals surface area contributed by atoms with Crippen LogP contribution < -0.4 is 10.1 Å². The van der Waals surface area contributed by atoms with Crippen LogP contribution in [-0.2, 0) is 0 Å². The molecule has 1 aliphatic heterocycles. The molecule has 24 heavy (non-hydrogen) atoms. The van der Waals surface area contributed by atoms with Crippen LogP contribution in [0.2, 0.25) is 0 Å². The van der Waals surface area contributed by atoms with Gasteiger partial charge in [-0.1, -0.05) is 30.3 Å². The summed E-state index contributed by atoms with van der Waals surface area (Å²) in [4.78, 5) is 15.2. The van der Waals surface area contributed by atoms with Crippen LogP contribution in [0.15, 0.2) is 53.5 Å². The first-order chi connectivity index (χ1) is 11.2. The molecule has 0 spiro atoms. The minimum Gasteiger partial charge on any atom is -0.482 e. The number of aliphatic imine (C=N–C) groups is 1. The third kappa shape index (κ3) is 3.65. The first kappa shape index (κ1) is 17.7. The Morgan fingerprint density at radius 2 is 1.83 bits per heavy atom. The normalized spacial score (nSPS) is 14.1. The van der Waals surface area contributed by atoms with Gasteiger partial charge in [0.05, 0.1) is 17.0 Å². The summed E-state index contributed by atoms with van der Waals surface area (Å²) in [5, 5.41) is 14.5. The van der Waals surface area contributed by atoms with E-state index in [9.17, 15) is 10.1 Å². The minimum atomic E-state index is -0.377. The Morgan fingerprint density at radius 1 is 1.17 bits per heavy atom. The van der Waals surface area contributed by atoms with Crippen molar-refractivity contribution in [2.45, 2.75) is 13.0 Å². The molecule has 2 aromatic rings. The molecule has 1 aliphatic rings. The second-order valence-electron chi connectivity index (χ2n) is 5.22. The molecule has 0 fully saturated rings. The van der Waals surface area contributed by atoms with Gasteiger partial charge >= 0.3 is 0 Å². The van der Waals surface area contributed by atoms with Crippen molar-refractivity contribution in [2.24, 2.45) is 4.99 Å². The topological polar surface area (TPSA) is 76.8 Å². The highest BCUT2D eigenvalue weighted by atomic mass is 35.5. The van der Waals surface area contributed by atoms with E-state index < -0.39 is 0 Å². The lowest BCUT2D eigenvalue weighted by Gasteiger charge is -2.18. The Kier molecular flexibility index (Phi) is 5.76. The number of halogens is 1. The lowest BCUT2D eigenvalue weighted by molar-refractivity contribution is -0.384. The number of nitrogens with zero attached hydrogens (tertiary/aromatic N) is 2. The molecule has 2 aromatic carbocycles. The number of nitrogens with one attached hydrogen (secondary N) is 1. The van der Waals surface area contributed by atoms with Crippen LogP contribution in [0.5, 0.6) is 5.75 Å². The highest BCUT2D eigenvalue weighted by Gasteiger charge is 2.20. The molecular weight excluding hydrogens is 330 g/mol. The largest absolute Gasteiger partial charge is 0.482 e. The van der Waals surface area contributed by atoms with E-state index in [1.807, 2.05) is 31.2 Å². The molecule has 0 bridgehead atoms. The average Bonchev–Trinajstić information content (AvgIpc) is 3.10. The molecule has 6 nitrogen and oxygen atoms in total. The Labute approximate surface area is 146 Å². The van der Waals surface area contributed by atoms with E-state index in [4.69, 9.17) is 4.74 Å². The van der Waals surface area contributed by atoms with Crippen molar-refractivity contribution in [2.75, 3.05) is 13.1 Å². The summed E-state index contributed by atoms with van der Waals surface area (Å²) in [6, 6.07) is 14.0. The second kappa shape index (κ2) is 7.79. The van der Waals surface area contributed by atoms with Crippen LogP contribution in [0.4, 0.5) is 5.69 Å². The van der Waals surface area contributed by atoms with E-state index in [2.05, 4.69) is 10.3 Å². The Balaban J connectivity index is 0.00000208. The van der Waals surface area contributed by atoms with Gasteiger partial charge in [-0.25, -0.2) is 0 Å². The number of hydrogen-bond acceptors (Lipinski definition) is 5. The van der Waals surface area contributed by atoms with Crippen molar-refractivity contribution in [1.29, 1.82) is 0 Å². The van der Waals surface area contributed by atoms with E-state index in [1.165, 1.54) is 6.07 Å². The van der Waals surface area contributed by atoms with Crippen molar-refractivity contribution in [1.82, 2.24) is 5.32 Å². The summed E-state index contributed by atoms with van der Waals surface area (Å²) in [5.41, 5.74) is 1.31.